The number of amides is 2. The Hall–Kier alpha value is -3.29. The van der Waals surface area contributed by atoms with E-state index in [1.807, 2.05) is 24.3 Å². The molecule has 3 rings (SSSR count). The van der Waals surface area contributed by atoms with Gasteiger partial charge in [-0.15, -0.1) is 0 Å². The van der Waals surface area contributed by atoms with Crippen LogP contribution in [0.15, 0.2) is 60.9 Å². The highest BCUT2D eigenvalue weighted by Crippen LogP contribution is 2.26. The number of benzene rings is 2. The smallest absolute Gasteiger partial charge is 0.282 e. The fourth-order valence-electron chi connectivity index (χ4n) is 2.50. The standard InChI is InChI=1S/C18H15N3O4/c1-25-21(16-11-19-10-14-4-2-3-5-15(14)16)18(23)13-8-6-12(7-9-13)17(22)20-24/h2-11,24H,1H3,(H,20,22). The lowest BCUT2D eigenvalue weighted by Crippen LogP contribution is -2.30. The van der Waals surface area contributed by atoms with Crippen LogP contribution in [0, 0.1) is 0 Å². The van der Waals surface area contributed by atoms with E-state index in [0.29, 0.717) is 11.3 Å². The molecule has 0 aliphatic heterocycles. The second-order valence-corrected chi connectivity index (χ2v) is 5.18. The van der Waals surface area contributed by atoms with Crippen molar-refractivity contribution >= 4 is 28.3 Å². The summed E-state index contributed by atoms with van der Waals surface area (Å²) in [6, 6.07) is 13.4. The Labute approximate surface area is 143 Å². The van der Waals surface area contributed by atoms with Gasteiger partial charge in [0.1, 0.15) is 0 Å². The quantitative estimate of drug-likeness (QED) is 0.564. The van der Waals surface area contributed by atoms with E-state index in [0.717, 1.165) is 15.8 Å². The average molecular weight is 337 g/mol. The van der Waals surface area contributed by atoms with E-state index in [-0.39, 0.29) is 5.56 Å². The van der Waals surface area contributed by atoms with Gasteiger partial charge in [0.25, 0.3) is 11.8 Å². The van der Waals surface area contributed by atoms with Crippen molar-refractivity contribution in [2.75, 3.05) is 12.2 Å². The molecule has 2 aromatic carbocycles. The number of anilines is 1. The Bertz CT molecular complexity index is 920. The molecule has 0 radical (unpaired) electrons. The van der Waals surface area contributed by atoms with E-state index in [1.165, 1.54) is 31.4 Å². The largest absolute Gasteiger partial charge is 0.288 e. The molecule has 0 saturated heterocycles. The molecular weight excluding hydrogens is 322 g/mol. The summed E-state index contributed by atoms with van der Waals surface area (Å²) in [5, 5.41) is 11.5. The van der Waals surface area contributed by atoms with Gasteiger partial charge in [0, 0.05) is 28.1 Å². The zero-order valence-corrected chi connectivity index (χ0v) is 13.3. The Morgan fingerprint density at radius 2 is 1.72 bits per heavy atom. The number of carbonyl (C=O) groups is 2. The minimum atomic E-state index is -0.652. The number of rotatable bonds is 4. The van der Waals surface area contributed by atoms with Crippen LogP contribution in [0.3, 0.4) is 0 Å². The monoisotopic (exact) mass is 337 g/mol. The highest BCUT2D eigenvalue weighted by atomic mass is 16.7. The lowest BCUT2D eigenvalue weighted by Gasteiger charge is -2.21. The number of nitrogens with one attached hydrogen (secondary N) is 1. The molecule has 2 amide bonds. The van der Waals surface area contributed by atoms with Gasteiger partial charge in [0.05, 0.1) is 19.0 Å². The minimum Gasteiger partial charge on any atom is -0.288 e. The van der Waals surface area contributed by atoms with Crippen molar-refractivity contribution in [3.8, 4) is 0 Å². The summed E-state index contributed by atoms with van der Waals surface area (Å²) in [6.45, 7) is 0. The van der Waals surface area contributed by atoms with Crippen molar-refractivity contribution in [3.05, 3.63) is 72.1 Å². The van der Waals surface area contributed by atoms with E-state index in [1.54, 1.807) is 17.9 Å². The van der Waals surface area contributed by atoms with Gasteiger partial charge >= 0.3 is 0 Å². The number of hydrogen-bond donors (Lipinski definition) is 2. The third kappa shape index (κ3) is 3.18. The fourth-order valence-corrected chi connectivity index (χ4v) is 2.50. The molecule has 0 spiro atoms. The number of nitrogens with zero attached hydrogens (tertiary/aromatic N) is 2. The maximum absolute atomic E-state index is 12.8. The van der Waals surface area contributed by atoms with Crippen LogP contribution in [-0.4, -0.2) is 29.1 Å². The van der Waals surface area contributed by atoms with Crippen molar-refractivity contribution in [3.63, 3.8) is 0 Å². The number of hydroxylamine groups is 2. The molecule has 0 fully saturated rings. The third-order valence-corrected chi connectivity index (χ3v) is 3.73. The average Bonchev–Trinajstić information content (AvgIpc) is 2.68. The van der Waals surface area contributed by atoms with Crippen LogP contribution >= 0.6 is 0 Å². The number of aromatic nitrogens is 1. The van der Waals surface area contributed by atoms with Crippen LogP contribution in [0.1, 0.15) is 20.7 Å². The maximum atomic E-state index is 12.8. The van der Waals surface area contributed by atoms with E-state index in [9.17, 15) is 9.59 Å². The van der Waals surface area contributed by atoms with Crippen LogP contribution in [0.5, 0.6) is 0 Å². The van der Waals surface area contributed by atoms with Crippen LogP contribution < -0.4 is 10.5 Å². The predicted molar refractivity (Wildman–Crippen MR) is 91.3 cm³/mol. The molecule has 1 heterocycles. The van der Waals surface area contributed by atoms with Crippen molar-refractivity contribution in [2.45, 2.75) is 0 Å². The van der Waals surface area contributed by atoms with Gasteiger partial charge in [-0.25, -0.2) is 5.48 Å². The zero-order chi connectivity index (χ0) is 17.8. The number of fused-ring (bicyclic) bond motifs is 1. The molecule has 1 aromatic heterocycles. The fraction of sp³-hybridized carbons (Fsp3) is 0.0556. The van der Waals surface area contributed by atoms with Crippen molar-refractivity contribution < 1.29 is 19.6 Å². The Balaban J connectivity index is 1.97. The van der Waals surface area contributed by atoms with E-state index in [2.05, 4.69) is 4.98 Å². The van der Waals surface area contributed by atoms with Crippen LogP contribution in [0.2, 0.25) is 0 Å². The first-order valence-electron chi connectivity index (χ1n) is 7.41. The van der Waals surface area contributed by atoms with E-state index in [4.69, 9.17) is 10.0 Å². The first kappa shape index (κ1) is 16.6. The molecule has 0 aliphatic rings. The molecule has 0 aliphatic carbocycles. The Kier molecular flexibility index (Phi) is 4.69. The summed E-state index contributed by atoms with van der Waals surface area (Å²) in [5.74, 6) is -1.06. The molecule has 126 valence electrons. The molecule has 3 aromatic rings. The maximum Gasteiger partial charge on any atom is 0.282 e. The van der Waals surface area contributed by atoms with E-state index < -0.39 is 11.8 Å². The van der Waals surface area contributed by atoms with Gasteiger partial charge in [-0.3, -0.25) is 24.6 Å². The zero-order valence-electron chi connectivity index (χ0n) is 13.3. The van der Waals surface area contributed by atoms with Gasteiger partial charge in [0.15, 0.2) is 0 Å². The third-order valence-electron chi connectivity index (χ3n) is 3.73. The first-order valence-corrected chi connectivity index (χ1v) is 7.41. The highest BCUT2D eigenvalue weighted by Gasteiger charge is 2.20. The van der Waals surface area contributed by atoms with Gasteiger partial charge in [-0.1, -0.05) is 24.3 Å². The molecule has 2 N–H and O–H groups in total. The number of carbonyl (C=O) groups excluding carboxylic acids is 2. The van der Waals surface area contributed by atoms with Crippen LogP contribution in [-0.2, 0) is 4.84 Å². The lowest BCUT2D eigenvalue weighted by atomic mass is 10.1. The van der Waals surface area contributed by atoms with Crippen molar-refractivity contribution in [1.82, 2.24) is 10.5 Å². The molecule has 7 nitrogen and oxygen atoms in total. The van der Waals surface area contributed by atoms with Crippen LogP contribution in [0.25, 0.3) is 10.8 Å². The lowest BCUT2D eigenvalue weighted by molar-refractivity contribution is 0.0705. The molecule has 0 saturated carbocycles. The van der Waals surface area contributed by atoms with Gasteiger partial charge in [0.2, 0.25) is 0 Å². The second-order valence-electron chi connectivity index (χ2n) is 5.18. The summed E-state index contributed by atoms with van der Waals surface area (Å²) in [5.41, 5.74) is 2.61. The Morgan fingerprint density at radius 3 is 2.40 bits per heavy atom. The molecule has 25 heavy (non-hydrogen) atoms. The summed E-state index contributed by atoms with van der Waals surface area (Å²) in [7, 11) is 1.40. The van der Waals surface area contributed by atoms with Gasteiger partial charge in [-0.05, 0) is 24.3 Å². The van der Waals surface area contributed by atoms with E-state index >= 15 is 0 Å². The summed E-state index contributed by atoms with van der Waals surface area (Å²) >= 11 is 0. The predicted octanol–water partition coefficient (Wildman–Crippen LogP) is 2.56. The summed E-state index contributed by atoms with van der Waals surface area (Å²) < 4.78 is 0. The number of pyridine rings is 1. The first-order chi connectivity index (χ1) is 12.2. The minimum absolute atomic E-state index is 0.231. The summed E-state index contributed by atoms with van der Waals surface area (Å²) in [6.07, 6.45) is 3.26. The Morgan fingerprint density at radius 1 is 1.04 bits per heavy atom. The molecule has 0 atom stereocenters. The molecule has 0 unspecified atom stereocenters. The summed E-state index contributed by atoms with van der Waals surface area (Å²) in [4.78, 5) is 33.6. The number of hydrogen-bond acceptors (Lipinski definition) is 5. The molecular formula is C18H15N3O4. The van der Waals surface area contributed by atoms with Crippen molar-refractivity contribution in [2.24, 2.45) is 0 Å². The molecule has 7 heteroatoms. The SMILES string of the molecule is CON(C(=O)c1ccc(C(=O)NO)cc1)c1cncc2ccccc12. The molecule has 0 bridgehead atoms. The normalized spacial score (nSPS) is 10.5. The van der Waals surface area contributed by atoms with Crippen LogP contribution in [0.4, 0.5) is 5.69 Å². The highest BCUT2D eigenvalue weighted by molar-refractivity contribution is 6.09. The van der Waals surface area contributed by atoms with Gasteiger partial charge in [-0.2, -0.15) is 5.06 Å². The van der Waals surface area contributed by atoms with Crippen molar-refractivity contribution in [1.29, 1.82) is 0 Å². The van der Waals surface area contributed by atoms with Gasteiger partial charge < -0.3 is 0 Å². The topological polar surface area (TPSA) is 91.8 Å². The second kappa shape index (κ2) is 7.08.